The molecule has 0 radical (unpaired) electrons. The van der Waals surface area contributed by atoms with Gasteiger partial charge in [0.25, 0.3) is 0 Å². The van der Waals surface area contributed by atoms with Gasteiger partial charge in [0.15, 0.2) is 0 Å². The lowest BCUT2D eigenvalue weighted by Crippen LogP contribution is -2.44. The number of anilines is 1. The second-order valence-electron chi connectivity index (χ2n) is 6.33. The van der Waals surface area contributed by atoms with Crippen LogP contribution in [0.5, 0.6) is 0 Å². The van der Waals surface area contributed by atoms with E-state index in [2.05, 4.69) is 21.8 Å². The molecule has 0 unspecified atom stereocenters. The number of aromatic nitrogens is 1. The van der Waals surface area contributed by atoms with E-state index in [1.165, 1.54) is 0 Å². The van der Waals surface area contributed by atoms with Crippen LogP contribution in [0, 0.1) is 0 Å². The first-order valence-corrected chi connectivity index (χ1v) is 7.47. The van der Waals surface area contributed by atoms with Crippen molar-refractivity contribution in [2.45, 2.75) is 26.4 Å². The highest BCUT2D eigenvalue weighted by Gasteiger charge is 2.21. The number of ether oxygens (including phenoxy) is 1. The van der Waals surface area contributed by atoms with Crippen LogP contribution >= 0.6 is 11.6 Å². The predicted octanol–water partition coefficient (Wildman–Crippen LogP) is 2.44. The molecular weight excluding hydrogens is 290 g/mol. The quantitative estimate of drug-likeness (QED) is 0.620. The van der Waals surface area contributed by atoms with Crippen LogP contribution < -0.4 is 4.90 Å². The van der Waals surface area contributed by atoms with Gasteiger partial charge in [-0.2, -0.15) is 0 Å². The number of rotatable bonds is 2. The van der Waals surface area contributed by atoms with Gasteiger partial charge in [-0.25, -0.2) is 9.78 Å². The van der Waals surface area contributed by atoms with Crippen molar-refractivity contribution in [3.05, 3.63) is 22.8 Å². The Labute approximate surface area is 130 Å². The number of pyridine rings is 1. The Hall–Kier alpha value is -1.33. The molecule has 1 aliphatic rings. The van der Waals surface area contributed by atoms with E-state index in [0.29, 0.717) is 10.7 Å². The van der Waals surface area contributed by atoms with Gasteiger partial charge in [-0.3, -0.25) is 0 Å². The average Bonchev–Trinajstić information content (AvgIpc) is 2.36. The van der Waals surface area contributed by atoms with E-state index in [9.17, 15) is 4.79 Å². The summed E-state index contributed by atoms with van der Waals surface area (Å²) in [6.45, 7) is 9.21. The zero-order valence-corrected chi connectivity index (χ0v) is 13.8. The van der Waals surface area contributed by atoms with Gasteiger partial charge in [0.1, 0.15) is 16.6 Å². The van der Waals surface area contributed by atoms with Crippen molar-refractivity contribution in [1.82, 2.24) is 9.88 Å². The topological polar surface area (TPSA) is 45.7 Å². The van der Waals surface area contributed by atoms with Crippen LogP contribution in [-0.2, 0) is 4.74 Å². The molecule has 116 valence electrons. The number of carbonyl (C=O) groups is 1. The minimum absolute atomic E-state index is 0.312. The number of likely N-dealkylation sites (N-methyl/N-ethyl adjacent to an activating group) is 1. The van der Waals surface area contributed by atoms with Gasteiger partial charge in [0.05, 0.1) is 5.56 Å². The lowest BCUT2D eigenvalue weighted by molar-refractivity contribution is 0.00694. The van der Waals surface area contributed by atoms with E-state index in [0.717, 1.165) is 32.0 Å². The van der Waals surface area contributed by atoms with Crippen molar-refractivity contribution in [2.24, 2.45) is 0 Å². The second kappa shape index (κ2) is 6.20. The lowest BCUT2D eigenvalue weighted by atomic mass is 10.2. The molecule has 0 atom stereocenters. The fourth-order valence-corrected chi connectivity index (χ4v) is 2.34. The highest BCUT2D eigenvalue weighted by atomic mass is 35.5. The van der Waals surface area contributed by atoms with E-state index < -0.39 is 5.60 Å². The van der Waals surface area contributed by atoms with Crippen LogP contribution in [0.1, 0.15) is 31.1 Å². The third kappa shape index (κ3) is 4.58. The van der Waals surface area contributed by atoms with E-state index >= 15 is 0 Å². The molecule has 0 aliphatic carbocycles. The Morgan fingerprint density at radius 2 is 1.86 bits per heavy atom. The number of nitrogens with zero attached hydrogens (tertiary/aromatic N) is 3. The Bertz CT molecular complexity index is 520. The summed E-state index contributed by atoms with van der Waals surface area (Å²) < 4.78 is 5.39. The van der Waals surface area contributed by atoms with E-state index in [4.69, 9.17) is 16.3 Å². The summed E-state index contributed by atoms with van der Waals surface area (Å²) in [6, 6.07) is 3.31. The molecule has 0 spiro atoms. The summed E-state index contributed by atoms with van der Waals surface area (Å²) in [5, 5.41) is 0.312. The maximum atomic E-state index is 12.2. The first kappa shape index (κ1) is 16.0. The zero-order valence-electron chi connectivity index (χ0n) is 13.0. The average molecular weight is 312 g/mol. The summed E-state index contributed by atoms with van der Waals surface area (Å²) in [5.74, 6) is 0.360. The Morgan fingerprint density at radius 3 is 2.43 bits per heavy atom. The lowest BCUT2D eigenvalue weighted by Gasteiger charge is -2.33. The maximum Gasteiger partial charge on any atom is 0.338 e. The van der Waals surface area contributed by atoms with Crippen molar-refractivity contribution in [1.29, 1.82) is 0 Å². The van der Waals surface area contributed by atoms with Crippen LogP contribution in [0.3, 0.4) is 0 Å². The summed E-state index contributed by atoms with van der Waals surface area (Å²) in [4.78, 5) is 20.9. The molecule has 1 saturated heterocycles. The Kier molecular flexibility index (Phi) is 4.74. The number of hydrogen-bond acceptors (Lipinski definition) is 5. The Morgan fingerprint density at radius 1 is 1.24 bits per heavy atom. The van der Waals surface area contributed by atoms with E-state index in [1.807, 2.05) is 20.8 Å². The highest BCUT2D eigenvalue weighted by Crippen LogP contribution is 2.21. The first-order valence-electron chi connectivity index (χ1n) is 7.09. The summed E-state index contributed by atoms with van der Waals surface area (Å²) in [6.07, 6.45) is 0. The van der Waals surface area contributed by atoms with Gasteiger partial charge in [0, 0.05) is 26.2 Å². The molecule has 0 saturated carbocycles. The minimum Gasteiger partial charge on any atom is -0.456 e. The molecule has 6 heteroatoms. The maximum absolute atomic E-state index is 12.2. The van der Waals surface area contributed by atoms with E-state index in [1.54, 1.807) is 12.1 Å². The van der Waals surface area contributed by atoms with Crippen molar-refractivity contribution in [3.63, 3.8) is 0 Å². The molecule has 0 N–H and O–H groups in total. The minimum atomic E-state index is -0.527. The first-order chi connectivity index (χ1) is 9.74. The van der Waals surface area contributed by atoms with Crippen LogP contribution in [-0.4, -0.2) is 54.7 Å². The molecule has 1 aromatic rings. The molecule has 1 aromatic heterocycles. The monoisotopic (exact) mass is 311 g/mol. The third-order valence-electron chi connectivity index (χ3n) is 3.24. The summed E-state index contributed by atoms with van der Waals surface area (Å²) >= 11 is 6.06. The van der Waals surface area contributed by atoms with E-state index in [-0.39, 0.29) is 5.97 Å². The summed E-state index contributed by atoms with van der Waals surface area (Å²) in [7, 11) is 2.09. The molecule has 1 aliphatic heterocycles. The van der Waals surface area contributed by atoms with Gasteiger partial charge in [0.2, 0.25) is 0 Å². The number of carbonyl (C=O) groups excluding carboxylic acids is 1. The number of esters is 1. The molecular formula is C15H22ClN3O2. The normalized spacial score (nSPS) is 16.9. The largest absolute Gasteiger partial charge is 0.456 e. The molecule has 21 heavy (non-hydrogen) atoms. The van der Waals surface area contributed by atoms with Gasteiger partial charge < -0.3 is 14.5 Å². The van der Waals surface area contributed by atoms with Crippen LogP contribution in [0.15, 0.2) is 12.1 Å². The molecule has 0 amide bonds. The van der Waals surface area contributed by atoms with Crippen molar-refractivity contribution in [2.75, 3.05) is 38.1 Å². The number of piperazine rings is 1. The Balaban J connectivity index is 2.19. The molecule has 1 fully saturated rings. The molecule has 0 aromatic carbocycles. The molecule has 0 bridgehead atoms. The van der Waals surface area contributed by atoms with Gasteiger partial charge in [-0.1, -0.05) is 11.6 Å². The van der Waals surface area contributed by atoms with Crippen molar-refractivity contribution >= 4 is 23.4 Å². The van der Waals surface area contributed by atoms with Crippen molar-refractivity contribution in [3.8, 4) is 0 Å². The van der Waals surface area contributed by atoms with Gasteiger partial charge in [-0.15, -0.1) is 0 Å². The second-order valence-corrected chi connectivity index (χ2v) is 6.72. The zero-order chi connectivity index (χ0) is 15.6. The smallest absolute Gasteiger partial charge is 0.338 e. The van der Waals surface area contributed by atoms with Gasteiger partial charge in [-0.05, 0) is 40.0 Å². The SMILES string of the molecule is CN1CCN(c2cc(C(=O)OC(C)(C)C)cc(Cl)n2)CC1. The molecule has 5 nitrogen and oxygen atoms in total. The summed E-state index contributed by atoms with van der Waals surface area (Å²) in [5.41, 5.74) is -0.0836. The molecule has 2 heterocycles. The van der Waals surface area contributed by atoms with Crippen LogP contribution in [0.2, 0.25) is 5.15 Å². The standard InChI is InChI=1S/C15H22ClN3O2/c1-15(2,3)21-14(20)11-9-12(16)17-13(10-11)19-7-5-18(4)6-8-19/h9-10H,5-8H2,1-4H3. The van der Waals surface area contributed by atoms with Crippen LogP contribution in [0.4, 0.5) is 5.82 Å². The molecule has 2 rings (SSSR count). The van der Waals surface area contributed by atoms with Crippen LogP contribution in [0.25, 0.3) is 0 Å². The third-order valence-corrected chi connectivity index (χ3v) is 3.44. The van der Waals surface area contributed by atoms with Gasteiger partial charge >= 0.3 is 5.97 Å². The fourth-order valence-electron chi connectivity index (χ4n) is 2.14. The fraction of sp³-hybridized carbons (Fsp3) is 0.600. The number of halogens is 1. The predicted molar refractivity (Wildman–Crippen MR) is 84.1 cm³/mol. The number of hydrogen-bond donors (Lipinski definition) is 0. The van der Waals surface area contributed by atoms with Crippen molar-refractivity contribution < 1.29 is 9.53 Å². The highest BCUT2D eigenvalue weighted by molar-refractivity contribution is 6.29.